The highest BCUT2D eigenvalue weighted by Gasteiger charge is 2.25. The Morgan fingerprint density at radius 3 is 2.80 bits per heavy atom. The number of carboxylic acids is 1. The van der Waals surface area contributed by atoms with Gasteiger partial charge in [0.1, 0.15) is 11.0 Å². The topological polar surface area (TPSA) is 108 Å². The molecular weight excluding hydrogens is 260 g/mol. The van der Waals surface area contributed by atoms with E-state index >= 15 is 0 Å². The Kier molecular flexibility index (Phi) is 2.94. The molecule has 102 valence electrons. The number of carbonyl (C=O) groups is 2. The highest BCUT2D eigenvalue weighted by atomic mass is 16.4. The number of nitrogens with zero attached hydrogens (tertiary/aromatic N) is 2. The van der Waals surface area contributed by atoms with Crippen LogP contribution in [0.3, 0.4) is 0 Å². The lowest BCUT2D eigenvalue weighted by Gasteiger charge is -2.12. The van der Waals surface area contributed by atoms with Crippen molar-refractivity contribution in [3.8, 4) is 0 Å². The molecule has 1 amide bonds. The summed E-state index contributed by atoms with van der Waals surface area (Å²) in [6.45, 7) is 0. The number of aliphatic carboxylic acids is 1. The average molecular weight is 272 g/mol. The summed E-state index contributed by atoms with van der Waals surface area (Å²) in [5, 5.41) is 22.0. The van der Waals surface area contributed by atoms with Gasteiger partial charge in [-0.05, 0) is 24.6 Å². The molecule has 2 atom stereocenters. The molecule has 0 saturated carbocycles. The minimum absolute atomic E-state index is 0.253. The van der Waals surface area contributed by atoms with Crippen molar-refractivity contribution in [3.63, 3.8) is 0 Å². The van der Waals surface area contributed by atoms with Crippen LogP contribution < -0.4 is 5.32 Å². The largest absolute Gasteiger partial charge is 0.481 e. The van der Waals surface area contributed by atoms with Crippen molar-refractivity contribution in [3.05, 3.63) is 35.9 Å². The number of aromatic nitrogens is 3. The van der Waals surface area contributed by atoms with Crippen molar-refractivity contribution >= 4 is 22.9 Å². The van der Waals surface area contributed by atoms with Crippen LogP contribution in [-0.2, 0) is 4.79 Å². The fraction of sp³-hybridized carbons (Fsp3) is 0.231. The molecule has 0 radical (unpaired) electrons. The third-order valence-electron chi connectivity index (χ3n) is 3.30. The van der Waals surface area contributed by atoms with E-state index in [1.165, 1.54) is 0 Å². The number of amides is 1. The zero-order valence-electron chi connectivity index (χ0n) is 10.4. The molecule has 0 fully saturated rings. The number of carbonyl (C=O) groups excluding carboxylic acids is 1. The second kappa shape index (κ2) is 4.76. The van der Waals surface area contributed by atoms with E-state index in [0.717, 1.165) is 0 Å². The maximum absolute atomic E-state index is 12.1. The van der Waals surface area contributed by atoms with Crippen LogP contribution >= 0.6 is 0 Å². The lowest BCUT2D eigenvalue weighted by molar-refractivity contribution is -0.140. The quantitative estimate of drug-likeness (QED) is 0.713. The van der Waals surface area contributed by atoms with Crippen molar-refractivity contribution in [2.75, 3.05) is 0 Å². The van der Waals surface area contributed by atoms with Crippen molar-refractivity contribution in [2.24, 2.45) is 5.92 Å². The minimum Gasteiger partial charge on any atom is -0.481 e. The van der Waals surface area contributed by atoms with Gasteiger partial charge < -0.3 is 10.4 Å². The van der Waals surface area contributed by atoms with Gasteiger partial charge in [-0.15, -0.1) is 0 Å². The Labute approximate surface area is 113 Å². The summed E-state index contributed by atoms with van der Waals surface area (Å²) in [6, 6.07) is 4.75. The smallest absolute Gasteiger partial charge is 0.310 e. The maximum Gasteiger partial charge on any atom is 0.310 e. The first-order valence-corrected chi connectivity index (χ1v) is 6.16. The molecule has 0 aliphatic heterocycles. The predicted octanol–water partition coefficient (Wildman–Crippen LogP) is 0.717. The molecule has 2 aromatic rings. The molecule has 7 heteroatoms. The molecule has 3 N–H and O–H groups in total. The summed E-state index contributed by atoms with van der Waals surface area (Å²) in [6.07, 6.45) is 3.70. The standard InChI is InChI=1S/C13H12N4O3/c18-12(14-9-3-1-8(5-9)13(19)20)7-2-4-10-11(6-7)16-17-15-10/h1-4,6,8-9H,5H2,(H,14,18)(H,19,20)(H,15,16,17). The zero-order valence-corrected chi connectivity index (χ0v) is 10.4. The van der Waals surface area contributed by atoms with Gasteiger partial charge in [0.2, 0.25) is 0 Å². The van der Waals surface area contributed by atoms with E-state index in [-0.39, 0.29) is 11.9 Å². The third-order valence-corrected chi connectivity index (χ3v) is 3.30. The van der Waals surface area contributed by atoms with Gasteiger partial charge in [0.05, 0.1) is 5.92 Å². The van der Waals surface area contributed by atoms with E-state index in [1.54, 1.807) is 30.4 Å². The van der Waals surface area contributed by atoms with E-state index in [4.69, 9.17) is 5.11 Å². The fourth-order valence-electron chi connectivity index (χ4n) is 2.22. The van der Waals surface area contributed by atoms with E-state index in [0.29, 0.717) is 23.0 Å². The monoisotopic (exact) mass is 272 g/mol. The molecule has 1 aromatic heterocycles. The molecule has 2 unspecified atom stereocenters. The van der Waals surface area contributed by atoms with Crippen LogP contribution in [0, 0.1) is 5.92 Å². The van der Waals surface area contributed by atoms with E-state index in [2.05, 4.69) is 20.7 Å². The number of hydrogen-bond acceptors (Lipinski definition) is 4. The molecule has 20 heavy (non-hydrogen) atoms. The number of aromatic amines is 1. The summed E-state index contributed by atoms with van der Waals surface area (Å²) in [5.74, 6) is -1.66. The molecule has 3 rings (SSSR count). The molecule has 1 aliphatic carbocycles. The van der Waals surface area contributed by atoms with Gasteiger partial charge in [0.25, 0.3) is 5.91 Å². The SMILES string of the molecule is O=C(NC1C=CC(C(=O)O)C1)c1ccc2n[nH]nc2c1. The molecule has 0 spiro atoms. The van der Waals surface area contributed by atoms with Crippen LogP contribution in [-0.4, -0.2) is 38.4 Å². The lowest BCUT2D eigenvalue weighted by Crippen LogP contribution is -2.33. The minimum atomic E-state index is -0.873. The number of H-pyrrole nitrogens is 1. The second-order valence-electron chi connectivity index (χ2n) is 4.67. The first kappa shape index (κ1) is 12.3. The third kappa shape index (κ3) is 2.25. The first-order chi connectivity index (χ1) is 9.63. The van der Waals surface area contributed by atoms with Crippen LogP contribution in [0.5, 0.6) is 0 Å². The molecule has 0 saturated heterocycles. The fourth-order valence-corrected chi connectivity index (χ4v) is 2.22. The van der Waals surface area contributed by atoms with Crippen LogP contribution in [0.2, 0.25) is 0 Å². The van der Waals surface area contributed by atoms with Gasteiger partial charge in [-0.3, -0.25) is 9.59 Å². The highest BCUT2D eigenvalue weighted by Crippen LogP contribution is 2.18. The van der Waals surface area contributed by atoms with Crippen LogP contribution in [0.1, 0.15) is 16.8 Å². The molecule has 7 nitrogen and oxygen atoms in total. The highest BCUT2D eigenvalue weighted by molar-refractivity contribution is 5.97. The Bertz CT molecular complexity index is 706. The van der Waals surface area contributed by atoms with Gasteiger partial charge in [-0.2, -0.15) is 15.4 Å². The summed E-state index contributed by atoms with van der Waals surface area (Å²) in [7, 11) is 0. The Hall–Kier alpha value is -2.70. The number of hydrogen-bond donors (Lipinski definition) is 3. The lowest BCUT2D eigenvalue weighted by atomic mass is 10.1. The van der Waals surface area contributed by atoms with Crippen LogP contribution in [0.15, 0.2) is 30.4 Å². The summed E-state index contributed by atoms with van der Waals surface area (Å²) in [4.78, 5) is 22.9. The number of nitrogens with one attached hydrogen (secondary N) is 2. The zero-order chi connectivity index (χ0) is 14.1. The molecule has 0 bridgehead atoms. The Balaban J connectivity index is 1.70. The predicted molar refractivity (Wildman–Crippen MR) is 70.0 cm³/mol. The maximum atomic E-state index is 12.1. The molecular formula is C13H12N4O3. The van der Waals surface area contributed by atoms with Crippen molar-refractivity contribution < 1.29 is 14.7 Å². The molecule has 1 heterocycles. The number of fused-ring (bicyclic) bond motifs is 1. The van der Waals surface area contributed by atoms with Gasteiger partial charge in [-0.25, -0.2) is 0 Å². The van der Waals surface area contributed by atoms with E-state index in [9.17, 15) is 9.59 Å². The first-order valence-electron chi connectivity index (χ1n) is 6.16. The normalized spacial score (nSPS) is 21.2. The van der Waals surface area contributed by atoms with E-state index in [1.807, 2.05) is 0 Å². The second-order valence-corrected chi connectivity index (χ2v) is 4.67. The van der Waals surface area contributed by atoms with Gasteiger partial charge >= 0.3 is 5.97 Å². The number of carboxylic acid groups (broad SMARTS) is 1. The van der Waals surface area contributed by atoms with Crippen molar-refractivity contribution in [1.82, 2.24) is 20.7 Å². The summed E-state index contributed by atoms with van der Waals surface area (Å²) >= 11 is 0. The van der Waals surface area contributed by atoms with Crippen LogP contribution in [0.4, 0.5) is 0 Å². The molecule has 1 aromatic carbocycles. The van der Waals surface area contributed by atoms with E-state index < -0.39 is 11.9 Å². The van der Waals surface area contributed by atoms with Gasteiger partial charge in [-0.1, -0.05) is 12.2 Å². The van der Waals surface area contributed by atoms with Crippen molar-refractivity contribution in [2.45, 2.75) is 12.5 Å². The Morgan fingerprint density at radius 2 is 2.05 bits per heavy atom. The summed E-state index contributed by atoms with van der Waals surface area (Å²) < 4.78 is 0. The van der Waals surface area contributed by atoms with Gasteiger partial charge in [0.15, 0.2) is 0 Å². The number of benzene rings is 1. The van der Waals surface area contributed by atoms with Crippen molar-refractivity contribution in [1.29, 1.82) is 0 Å². The molecule has 1 aliphatic rings. The van der Waals surface area contributed by atoms with Crippen LogP contribution in [0.25, 0.3) is 11.0 Å². The Morgan fingerprint density at radius 1 is 1.25 bits per heavy atom. The summed E-state index contributed by atoms with van der Waals surface area (Å²) in [5.41, 5.74) is 1.77. The number of rotatable bonds is 3. The average Bonchev–Trinajstić information content (AvgIpc) is 3.05. The van der Waals surface area contributed by atoms with Gasteiger partial charge in [0, 0.05) is 11.6 Å².